The van der Waals surface area contributed by atoms with Crippen LogP contribution in [0.2, 0.25) is 0 Å². The SMILES string of the molecule is CC(C)Cn1nnc2cccc(CO)c21. The molecule has 0 aliphatic rings. The predicted molar refractivity (Wildman–Crippen MR) is 58.3 cm³/mol. The lowest BCUT2D eigenvalue weighted by Crippen LogP contribution is -2.07. The van der Waals surface area contributed by atoms with Gasteiger partial charge in [-0.15, -0.1) is 5.10 Å². The first-order valence-corrected chi connectivity index (χ1v) is 5.14. The van der Waals surface area contributed by atoms with Gasteiger partial charge in [-0.3, -0.25) is 0 Å². The number of benzene rings is 1. The fourth-order valence-electron chi connectivity index (χ4n) is 1.70. The molecule has 1 heterocycles. The summed E-state index contributed by atoms with van der Waals surface area (Å²) in [6.07, 6.45) is 0. The minimum absolute atomic E-state index is 0.0306. The molecule has 0 saturated carbocycles. The van der Waals surface area contributed by atoms with Crippen LogP contribution < -0.4 is 0 Å². The van der Waals surface area contributed by atoms with E-state index in [-0.39, 0.29) is 6.61 Å². The summed E-state index contributed by atoms with van der Waals surface area (Å²) < 4.78 is 1.87. The molecule has 0 spiro atoms. The Kier molecular flexibility index (Phi) is 2.68. The average Bonchev–Trinajstić information content (AvgIpc) is 2.61. The molecular weight excluding hydrogens is 190 g/mol. The Bertz CT molecular complexity index is 462. The van der Waals surface area contributed by atoms with Gasteiger partial charge >= 0.3 is 0 Å². The normalized spacial score (nSPS) is 11.5. The highest BCUT2D eigenvalue weighted by Gasteiger charge is 2.09. The summed E-state index contributed by atoms with van der Waals surface area (Å²) in [7, 11) is 0. The Hall–Kier alpha value is -1.42. The molecule has 0 fully saturated rings. The van der Waals surface area contributed by atoms with Crippen LogP contribution in [0.15, 0.2) is 18.2 Å². The first kappa shape index (κ1) is 10.1. The Morgan fingerprint density at radius 1 is 1.40 bits per heavy atom. The van der Waals surface area contributed by atoms with E-state index in [1.165, 1.54) is 0 Å². The largest absolute Gasteiger partial charge is 0.392 e. The van der Waals surface area contributed by atoms with Crippen molar-refractivity contribution in [3.05, 3.63) is 23.8 Å². The Morgan fingerprint density at radius 2 is 2.20 bits per heavy atom. The molecule has 1 aromatic heterocycles. The van der Waals surface area contributed by atoms with Crippen molar-refractivity contribution in [2.24, 2.45) is 5.92 Å². The van der Waals surface area contributed by atoms with Crippen molar-refractivity contribution in [2.75, 3.05) is 0 Å². The van der Waals surface area contributed by atoms with Crippen molar-refractivity contribution in [2.45, 2.75) is 27.0 Å². The zero-order valence-corrected chi connectivity index (χ0v) is 9.01. The molecule has 2 rings (SSSR count). The lowest BCUT2D eigenvalue weighted by molar-refractivity contribution is 0.282. The van der Waals surface area contributed by atoms with E-state index in [0.29, 0.717) is 5.92 Å². The molecule has 0 radical (unpaired) electrons. The van der Waals surface area contributed by atoms with E-state index in [1.54, 1.807) is 0 Å². The van der Waals surface area contributed by atoms with Gasteiger partial charge in [0.25, 0.3) is 0 Å². The number of rotatable bonds is 3. The maximum atomic E-state index is 9.24. The monoisotopic (exact) mass is 205 g/mol. The van der Waals surface area contributed by atoms with Crippen LogP contribution in [0.5, 0.6) is 0 Å². The Labute approximate surface area is 88.5 Å². The Morgan fingerprint density at radius 3 is 2.87 bits per heavy atom. The van der Waals surface area contributed by atoms with Gasteiger partial charge in [0.05, 0.1) is 12.1 Å². The number of fused-ring (bicyclic) bond motifs is 1. The van der Waals surface area contributed by atoms with E-state index < -0.39 is 0 Å². The van der Waals surface area contributed by atoms with E-state index in [2.05, 4.69) is 24.2 Å². The minimum atomic E-state index is 0.0306. The molecule has 2 aromatic rings. The number of aliphatic hydroxyl groups excluding tert-OH is 1. The number of aliphatic hydroxyl groups is 1. The van der Waals surface area contributed by atoms with Crippen molar-refractivity contribution in [1.82, 2.24) is 15.0 Å². The first-order chi connectivity index (χ1) is 7.22. The first-order valence-electron chi connectivity index (χ1n) is 5.14. The zero-order valence-electron chi connectivity index (χ0n) is 9.01. The summed E-state index contributed by atoms with van der Waals surface area (Å²) >= 11 is 0. The van der Waals surface area contributed by atoms with Crippen LogP contribution in [0.3, 0.4) is 0 Å². The minimum Gasteiger partial charge on any atom is -0.392 e. The summed E-state index contributed by atoms with van der Waals surface area (Å²) in [5, 5.41) is 17.4. The summed E-state index contributed by atoms with van der Waals surface area (Å²) in [5.74, 6) is 0.515. The molecule has 4 heteroatoms. The Balaban J connectivity index is 2.55. The van der Waals surface area contributed by atoms with E-state index in [9.17, 15) is 5.11 Å². The molecule has 0 amide bonds. The highest BCUT2D eigenvalue weighted by molar-refractivity contribution is 5.77. The third kappa shape index (κ3) is 1.85. The molecule has 1 N–H and O–H groups in total. The lowest BCUT2D eigenvalue weighted by Gasteiger charge is -2.07. The second-order valence-corrected chi connectivity index (χ2v) is 4.11. The number of para-hydroxylation sites is 1. The van der Waals surface area contributed by atoms with Crippen LogP contribution in [-0.2, 0) is 13.2 Å². The summed E-state index contributed by atoms with van der Waals surface area (Å²) in [6, 6.07) is 5.71. The van der Waals surface area contributed by atoms with Gasteiger partial charge in [-0.25, -0.2) is 4.68 Å². The fraction of sp³-hybridized carbons (Fsp3) is 0.455. The van der Waals surface area contributed by atoms with Crippen LogP contribution in [-0.4, -0.2) is 20.1 Å². The topological polar surface area (TPSA) is 50.9 Å². The number of aromatic nitrogens is 3. The molecule has 1 aromatic carbocycles. The smallest absolute Gasteiger partial charge is 0.113 e. The summed E-state index contributed by atoms with van der Waals surface area (Å²) in [6.45, 7) is 5.13. The maximum Gasteiger partial charge on any atom is 0.113 e. The molecule has 4 nitrogen and oxygen atoms in total. The number of hydrogen-bond acceptors (Lipinski definition) is 3. The van der Waals surface area contributed by atoms with Crippen LogP contribution >= 0.6 is 0 Å². The predicted octanol–water partition coefficient (Wildman–Crippen LogP) is 1.58. The van der Waals surface area contributed by atoms with Crippen LogP contribution in [0.1, 0.15) is 19.4 Å². The molecule has 15 heavy (non-hydrogen) atoms. The average molecular weight is 205 g/mol. The van der Waals surface area contributed by atoms with Gasteiger partial charge in [-0.1, -0.05) is 31.2 Å². The van der Waals surface area contributed by atoms with Gasteiger partial charge in [-0.05, 0) is 12.0 Å². The summed E-state index contributed by atoms with van der Waals surface area (Å²) in [4.78, 5) is 0. The molecule has 0 atom stereocenters. The third-order valence-corrected chi connectivity index (χ3v) is 2.33. The molecule has 0 bridgehead atoms. The van der Waals surface area contributed by atoms with Crippen molar-refractivity contribution in [3.63, 3.8) is 0 Å². The van der Waals surface area contributed by atoms with Gasteiger partial charge in [0.15, 0.2) is 0 Å². The highest BCUT2D eigenvalue weighted by Crippen LogP contribution is 2.17. The van der Waals surface area contributed by atoms with Crippen molar-refractivity contribution in [3.8, 4) is 0 Å². The highest BCUT2D eigenvalue weighted by atomic mass is 16.3. The van der Waals surface area contributed by atoms with E-state index in [0.717, 1.165) is 23.1 Å². The number of nitrogens with zero attached hydrogens (tertiary/aromatic N) is 3. The zero-order chi connectivity index (χ0) is 10.8. The molecule has 80 valence electrons. The van der Waals surface area contributed by atoms with E-state index in [4.69, 9.17) is 0 Å². The van der Waals surface area contributed by atoms with Crippen molar-refractivity contribution >= 4 is 11.0 Å². The number of hydrogen-bond donors (Lipinski definition) is 1. The van der Waals surface area contributed by atoms with Crippen LogP contribution in [0.25, 0.3) is 11.0 Å². The molecular formula is C11H15N3O. The van der Waals surface area contributed by atoms with Crippen LogP contribution in [0, 0.1) is 5.92 Å². The fourth-order valence-corrected chi connectivity index (χ4v) is 1.70. The van der Waals surface area contributed by atoms with E-state index >= 15 is 0 Å². The van der Waals surface area contributed by atoms with Gasteiger partial charge in [0, 0.05) is 12.1 Å². The van der Waals surface area contributed by atoms with Gasteiger partial charge in [-0.2, -0.15) is 0 Å². The third-order valence-electron chi connectivity index (χ3n) is 2.33. The second kappa shape index (κ2) is 3.98. The quantitative estimate of drug-likeness (QED) is 0.827. The molecule has 0 unspecified atom stereocenters. The van der Waals surface area contributed by atoms with Crippen molar-refractivity contribution < 1.29 is 5.11 Å². The molecule has 0 aliphatic heterocycles. The summed E-state index contributed by atoms with van der Waals surface area (Å²) in [5.41, 5.74) is 2.69. The van der Waals surface area contributed by atoms with E-state index in [1.807, 2.05) is 22.9 Å². The lowest BCUT2D eigenvalue weighted by atomic mass is 10.1. The van der Waals surface area contributed by atoms with Gasteiger partial charge in [0.2, 0.25) is 0 Å². The standard InChI is InChI=1S/C11H15N3O/c1-8(2)6-14-11-9(7-15)4-3-5-10(11)12-13-14/h3-5,8,15H,6-7H2,1-2H3. The van der Waals surface area contributed by atoms with Gasteiger partial charge in [0.1, 0.15) is 5.52 Å². The maximum absolute atomic E-state index is 9.24. The van der Waals surface area contributed by atoms with Crippen molar-refractivity contribution in [1.29, 1.82) is 0 Å². The van der Waals surface area contributed by atoms with Crippen LogP contribution in [0.4, 0.5) is 0 Å². The molecule has 0 saturated heterocycles. The second-order valence-electron chi connectivity index (χ2n) is 4.11. The van der Waals surface area contributed by atoms with Gasteiger partial charge < -0.3 is 5.11 Å². The molecule has 0 aliphatic carbocycles.